The van der Waals surface area contributed by atoms with Crippen LogP contribution in [0.3, 0.4) is 0 Å². The number of anilines is 2. The summed E-state index contributed by atoms with van der Waals surface area (Å²) in [4.78, 5) is 24.5. The van der Waals surface area contributed by atoms with Gasteiger partial charge in [0.05, 0.1) is 10.6 Å². The van der Waals surface area contributed by atoms with E-state index in [9.17, 15) is 19.3 Å². The van der Waals surface area contributed by atoms with Gasteiger partial charge in [0, 0.05) is 30.6 Å². The van der Waals surface area contributed by atoms with Gasteiger partial charge >= 0.3 is 0 Å². The predicted molar refractivity (Wildman–Crippen MR) is 98.3 cm³/mol. The molecule has 0 aliphatic carbocycles. The molecule has 0 unspecified atom stereocenters. The molecule has 6 nitrogen and oxygen atoms in total. The second kappa shape index (κ2) is 7.70. The molecule has 0 radical (unpaired) electrons. The molecule has 0 atom stereocenters. The summed E-state index contributed by atoms with van der Waals surface area (Å²) >= 11 is 5.89. The van der Waals surface area contributed by atoms with E-state index < -0.39 is 10.7 Å². The number of nitro benzene ring substituents is 1. The number of nitrogens with one attached hydrogen (secondary N) is 1. The van der Waals surface area contributed by atoms with Gasteiger partial charge < -0.3 is 10.2 Å². The van der Waals surface area contributed by atoms with Gasteiger partial charge in [0.1, 0.15) is 11.5 Å². The average molecular weight is 378 g/mol. The van der Waals surface area contributed by atoms with Gasteiger partial charge in [-0.15, -0.1) is 0 Å². The van der Waals surface area contributed by atoms with Crippen LogP contribution in [-0.2, 0) is 11.2 Å². The van der Waals surface area contributed by atoms with Gasteiger partial charge in [-0.1, -0.05) is 23.7 Å². The lowest BCUT2D eigenvalue weighted by atomic mass is 10.0. The van der Waals surface area contributed by atoms with Crippen molar-refractivity contribution in [2.45, 2.75) is 19.3 Å². The van der Waals surface area contributed by atoms with Crippen molar-refractivity contribution in [3.63, 3.8) is 0 Å². The highest BCUT2D eigenvalue weighted by molar-refractivity contribution is 6.30. The maximum Gasteiger partial charge on any atom is 0.292 e. The number of nitrogens with zero attached hydrogens (tertiary/aromatic N) is 2. The Labute approximate surface area is 154 Å². The molecule has 8 heteroatoms. The molecule has 1 heterocycles. The van der Waals surface area contributed by atoms with Crippen LogP contribution < -0.4 is 10.2 Å². The van der Waals surface area contributed by atoms with Crippen LogP contribution in [0.25, 0.3) is 0 Å². The number of rotatable bonds is 5. The summed E-state index contributed by atoms with van der Waals surface area (Å²) in [5, 5.41) is 14.2. The lowest BCUT2D eigenvalue weighted by Crippen LogP contribution is -2.37. The minimum Gasteiger partial charge on any atom is -0.379 e. The Kier molecular flexibility index (Phi) is 5.37. The smallest absolute Gasteiger partial charge is 0.292 e. The minimum atomic E-state index is -0.507. The molecule has 2 aromatic carbocycles. The third kappa shape index (κ3) is 3.77. The van der Waals surface area contributed by atoms with Crippen molar-refractivity contribution in [1.82, 2.24) is 0 Å². The van der Waals surface area contributed by atoms with Crippen LogP contribution >= 0.6 is 11.6 Å². The number of halogens is 2. The number of carbonyl (C=O) groups excluding carboxylic acids is 1. The maximum atomic E-state index is 14.3. The van der Waals surface area contributed by atoms with Gasteiger partial charge in [0.25, 0.3) is 5.69 Å². The third-order valence-corrected chi connectivity index (χ3v) is 4.48. The Balaban J connectivity index is 1.68. The topological polar surface area (TPSA) is 75.5 Å². The van der Waals surface area contributed by atoms with Crippen molar-refractivity contribution in [2.75, 3.05) is 23.3 Å². The first-order valence-corrected chi connectivity index (χ1v) is 8.60. The summed E-state index contributed by atoms with van der Waals surface area (Å²) in [5.74, 6) is -0.745. The zero-order valence-corrected chi connectivity index (χ0v) is 14.6. The second-order valence-corrected chi connectivity index (χ2v) is 6.43. The van der Waals surface area contributed by atoms with Gasteiger partial charge in [0.2, 0.25) is 5.91 Å². The molecule has 1 N–H and O–H groups in total. The molecule has 0 aromatic heterocycles. The molecule has 136 valence electrons. The highest BCUT2D eigenvalue weighted by Gasteiger charge is 2.26. The van der Waals surface area contributed by atoms with Crippen LogP contribution in [0.4, 0.5) is 21.5 Å². The first kappa shape index (κ1) is 18.1. The Bertz CT molecular complexity index is 860. The summed E-state index contributed by atoms with van der Waals surface area (Å²) in [7, 11) is 0. The first-order chi connectivity index (χ1) is 12.5. The van der Waals surface area contributed by atoms with Crippen LogP contribution in [0, 0.1) is 15.9 Å². The standard InChI is InChI=1S/C18H17ClFN3O3/c19-13-10-12-4-3-9-22(18(12)14(20)11-13)17(24)7-8-21-15-5-1-2-6-16(15)23(25)26/h1-2,5-6,10-11,21H,3-4,7-9H2. The average Bonchev–Trinajstić information content (AvgIpc) is 2.61. The molecular formula is C18H17ClFN3O3. The number of fused-ring (bicyclic) bond motifs is 1. The molecule has 2 aromatic rings. The summed E-state index contributed by atoms with van der Waals surface area (Å²) < 4.78 is 14.3. The van der Waals surface area contributed by atoms with Gasteiger partial charge in [-0.05, 0) is 36.6 Å². The Morgan fingerprint density at radius 3 is 2.88 bits per heavy atom. The van der Waals surface area contributed by atoms with Crippen LogP contribution in [-0.4, -0.2) is 23.9 Å². The largest absolute Gasteiger partial charge is 0.379 e. The highest BCUT2D eigenvalue weighted by atomic mass is 35.5. The zero-order valence-electron chi connectivity index (χ0n) is 13.9. The van der Waals surface area contributed by atoms with Gasteiger partial charge in [-0.3, -0.25) is 14.9 Å². The lowest BCUT2D eigenvalue weighted by Gasteiger charge is -2.30. The number of para-hydroxylation sites is 2. The quantitative estimate of drug-likeness (QED) is 0.626. The van der Waals surface area contributed by atoms with Crippen LogP contribution in [0.1, 0.15) is 18.4 Å². The van der Waals surface area contributed by atoms with E-state index in [2.05, 4.69) is 5.32 Å². The number of hydrogen-bond donors (Lipinski definition) is 1. The van der Waals surface area contributed by atoms with Crippen LogP contribution in [0.2, 0.25) is 5.02 Å². The van der Waals surface area contributed by atoms with Crippen molar-refractivity contribution in [3.05, 3.63) is 62.9 Å². The van der Waals surface area contributed by atoms with Crippen molar-refractivity contribution in [3.8, 4) is 0 Å². The Hall–Kier alpha value is -2.67. The summed E-state index contributed by atoms with van der Waals surface area (Å²) in [6.07, 6.45) is 1.49. The van der Waals surface area contributed by atoms with E-state index in [0.717, 1.165) is 12.0 Å². The number of aryl methyl sites for hydroxylation is 1. The number of amides is 1. The number of hydrogen-bond acceptors (Lipinski definition) is 4. The van der Waals surface area contributed by atoms with Crippen molar-refractivity contribution < 1.29 is 14.1 Å². The van der Waals surface area contributed by atoms with E-state index in [1.807, 2.05) is 0 Å². The molecule has 0 saturated heterocycles. The maximum absolute atomic E-state index is 14.3. The Morgan fingerprint density at radius 1 is 1.35 bits per heavy atom. The molecule has 1 amide bonds. The molecular weight excluding hydrogens is 361 g/mol. The number of benzene rings is 2. The fourth-order valence-electron chi connectivity index (χ4n) is 3.12. The fraction of sp³-hybridized carbons (Fsp3) is 0.278. The van der Waals surface area contributed by atoms with Crippen LogP contribution in [0.15, 0.2) is 36.4 Å². The van der Waals surface area contributed by atoms with Gasteiger partial charge in [-0.25, -0.2) is 4.39 Å². The van der Waals surface area contributed by atoms with Gasteiger partial charge in [-0.2, -0.15) is 0 Å². The molecule has 26 heavy (non-hydrogen) atoms. The summed E-state index contributed by atoms with van der Waals surface area (Å²) in [6.45, 7) is 0.653. The summed E-state index contributed by atoms with van der Waals surface area (Å²) in [6, 6.07) is 9.12. The van der Waals surface area contributed by atoms with E-state index >= 15 is 0 Å². The highest BCUT2D eigenvalue weighted by Crippen LogP contribution is 2.33. The van der Waals surface area contributed by atoms with Crippen molar-refractivity contribution in [2.24, 2.45) is 0 Å². The molecule has 0 saturated carbocycles. The number of nitro groups is 1. The molecule has 0 bridgehead atoms. The molecule has 1 aliphatic heterocycles. The third-order valence-electron chi connectivity index (χ3n) is 4.26. The van der Waals surface area contributed by atoms with E-state index in [-0.39, 0.29) is 30.2 Å². The Morgan fingerprint density at radius 2 is 2.12 bits per heavy atom. The van der Waals surface area contributed by atoms with Crippen molar-refractivity contribution in [1.29, 1.82) is 0 Å². The van der Waals surface area contributed by atoms with Crippen molar-refractivity contribution >= 4 is 34.6 Å². The van der Waals surface area contributed by atoms with E-state index in [0.29, 0.717) is 23.7 Å². The summed E-state index contributed by atoms with van der Waals surface area (Å²) in [5.41, 5.74) is 1.31. The molecule has 0 fully saturated rings. The van der Waals surface area contributed by atoms with E-state index in [4.69, 9.17) is 11.6 Å². The lowest BCUT2D eigenvalue weighted by molar-refractivity contribution is -0.384. The minimum absolute atomic E-state index is 0.0519. The van der Waals surface area contributed by atoms with E-state index in [1.165, 1.54) is 17.0 Å². The SMILES string of the molecule is O=C(CCNc1ccccc1[N+](=O)[O-])N1CCCc2cc(Cl)cc(F)c21. The fourth-order valence-corrected chi connectivity index (χ4v) is 3.35. The first-order valence-electron chi connectivity index (χ1n) is 8.23. The molecule has 1 aliphatic rings. The normalized spacial score (nSPS) is 13.2. The second-order valence-electron chi connectivity index (χ2n) is 6.00. The number of carbonyl (C=O) groups is 1. The zero-order chi connectivity index (χ0) is 18.7. The molecule has 0 spiro atoms. The monoisotopic (exact) mass is 377 g/mol. The predicted octanol–water partition coefficient (Wildman–Crippen LogP) is 4.17. The van der Waals surface area contributed by atoms with Gasteiger partial charge in [0.15, 0.2) is 0 Å². The van der Waals surface area contributed by atoms with E-state index in [1.54, 1.807) is 24.3 Å². The van der Waals surface area contributed by atoms with Crippen LogP contribution in [0.5, 0.6) is 0 Å². The molecule has 3 rings (SSSR count).